The van der Waals surface area contributed by atoms with E-state index in [1.165, 1.54) is 37.1 Å². The highest BCUT2D eigenvalue weighted by molar-refractivity contribution is 5.16. The molecule has 0 unspecified atom stereocenters. The number of nitrogens with zero attached hydrogens (tertiary/aromatic N) is 3. The highest BCUT2D eigenvalue weighted by Crippen LogP contribution is 2.20. The molecule has 2 aliphatic rings. The van der Waals surface area contributed by atoms with E-state index < -0.39 is 0 Å². The third-order valence-corrected chi connectivity index (χ3v) is 6.05. The predicted octanol–water partition coefficient (Wildman–Crippen LogP) is 3.61. The standard InChI is InChI=1S/C23H30FN3/c24-22-8-6-21(7-9-22)19-26-14-16-27(17-15-26)23-10-12-25(13-11-23)18-20-4-2-1-3-5-20/h1-9,23H,10-19H2. The Bertz CT molecular complexity index is 687. The maximum absolute atomic E-state index is 13.0. The highest BCUT2D eigenvalue weighted by Gasteiger charge is 2.27. The number of hydrogen-bond donors (Lipinski definition) is 0. The molecule has 3 nitrogen and oxygen atoms in total. The Kier molecular flexibility index (Phi) is 6.17. The normalized spacial score (nSPS) is 20.8. The molecular formula is C23H30FN3. The topological polar surface area (TPSA) is 9.72 Å². The van der Waals surface area contributed by atoms with Crippen LogP contribution in [0.1, 0.15) is 24.0 Å². The summed E-state index contributed by atoms with van der Waals surface area (Å²) in [6.45, 7) is 8.96. The third kappa shape index (κ3) is 5.16. The Morgan fingerprint density at radius 3 is 1.85 bits per heavy atom. The molecule has 2 aromatic rings. The number of rotatable bonds is 5. The van der Waals surface area contributed by atoms with Crippen LogP contribution in [0.2, 0.25) is 0 Å². The lowest BCUT2D eigenvalue weighted by Gasteiger charge is -2.42. The summed E-state index contributed by atoms with van der Waals surface area (Å²) in [7, 11) is 0. The Morgan fingerprint density at radius 1 is 0.667 bits per heavy atom. The highest BCUT2D eigenvalue weighted by atomic mass is 19.1. The van der Waals surface area contributed by atoms with Crippen molar-refractivity contribution in [3.05, 3.63) is 71.5 Å². The average Bonchev–Trinajstić information content (AvgIpc) is 2.72. The number of benzene rings is 2. The number of hydrogen-bond acceptors (Lipinski definition) is 3. The van der Waals surface area contributed by atoms with Gasteiger partial charge >= 0.3 is 0 Å². The molecule has 0 radical (unpaired) electrons. The molecule has 0 saturated carbocycles. The number of halogens is 1. The van der Waals surface area contributed by atoms with Crippen molar-refractivity contribution in [1.29, 1.82) is 0 Å². The van der Waals surface area contributed by atoms with Crippen molar-refractivity contribution in [2.24, 2.45) is 0 Å². The zero-order valence-corrected chi connectivity index (χ0v) is 16.1. The van der Waals surface area contributed by atoms with Crippen molar-refractivity contribution in [2.75, 3.05) is 39.3 Å². The molecule has 4 heteroatoms. The minimum atomic E-state index is -0.151. The van der Waals surface area contributed by atoms with E-state index in [0.29, 0.717) is 0 Å². The van der Waals surface area contributed by atoms with E-state index in [2.05, 4.69) is 45.0 Å². The van der Waals surface area contributed by atoms with Gasteiger partial charge in [-0.1, -0.05) is 42.5 Å². The van der Waals surface area contributed by atoms with Gasteiger partial charge in [0.25, 0.3) is 0 Å². The summed E-state index contributed by atoms with van der Waals surface area (Å²) in [5.74, 6) is -0.151. The van der Waals surface area contributed by atoms with Gasteiger partial charge in [0.1, 0.15) is 5.82 Å². The molecular weight excluding hydrogens is 337 g/mol. The fourth-order valence-corrected chi connectivity index (χ4v) is 4.42. The Balaban J connectivity index is 1.20. The van der Waals surface area contributed by atoms with Gasteiger partial charge < -0.3 is 0 Å². The first-order chi connectivity index (χ1) is 13.3. The summed E-state index contributed by atoms with van der Waals surface area (Å²) in [5, 5.41) is 0. The van der Waals surface area contributed by atoms with Gasteiger partial charge in [0.15, 0.2) is 0 Å². The van der Waals surface area contributed by atoms with E-state index in [9.17, 15) is 4.39 Å². The minimum absolute atomic E-state index is 0.151. The molecule has 0 bridgehead atoms. The van der Waals surface area contributed by atoms with Crippen LogP contribution in [0.5, 0.6) is 0 Å². The van der Waals surface area contributed by atoms with Gasteiger partial charge in [-0.2, -0.15) is 0 Å². The smallest absolute Gasteiger partial charge is 0.123 e. The molecule has 2 aliphatic heterocycles. The fraction of sp³-hybridized carbons (Fsp3) is 0.478. The lowest BCUT2D eigenvalue weighted by molar-refractivity contribution is 0.0550. The van der Waals surface area contributed by atoms with E-state index >= 15 is 0 Å². The lowest BCUT2D eigenvalue weighted by atomic mass is 10.0. The first kappa shape index (κ1) is 18.6. The van der Waals surface area contributed by atoms with Crippen LogP contribution in [0, 0.1) is 5.82 Å². The zero-order chi connectivity index (χ0) is 18.5. The second-order valence-corrected chi connectivity index (χ2v) is 7.93. The SMILES string of the molecule is Fc1ccc(CN2CCN(C3CCN(Cc4ccccc4)CC3)CC2)cc1. The van der Waals surface area contributed by atoms with Gasteiger partial charge in [-0.15, -0.1) is 0 Å². The van der Waals surface area contributed by atoms with E-state index in [0.717, 1.165) is 45.3 Å². The monoisotopic (exact) mass is 367 g/mol. The predicted molar refractivity (Wildman–Crippen MR) is 108 cm³/mol. The first-order valence-corrected chi connectivity index (χ1v) is 10.2. The maximum Gasteiger partial charge on any atom is 0.123 e. The summed E-state index contributed by atoms with van der Waals surface area (Å²) in [4.78, 5) is 7.78. The molecule has 2 heterocycles. The second-order valence-electron chi connectivity index (χ2n) is 7.93. The van der Waals surface area contributed by atoms with Crippen molar-refractivity contribution in [2.45, 2.75) is 32.0 Å². The maximum atomic E-state index is 13.0. The largest absolute Gasteiger partial charge is 0.299 e. The van der Waals surface area contributed by atoms with Crippen LogP contribution >= 0.6 is 0 Å². The molecule has 0 aliphatic carbocycles. The van der Waals surface area contributed by atoms with E-state index in [1.54, 1.807) is 12.1 Å². The Hall–Kier alpha value is -1.75. The molecule has 0 atom stereocenters. The van der Waals surface area contributed by atoms with Gasteiger partial charge in [0.05, 0.1) is 0 Å². The number of piperidine rings is 1. The summed E-state index contributed by atoms with van der Waals surface area (Å²) in [6, 6.07) is 18.5. The molecule has 144 valence electrons. The van der Waals surface area contributed by atoms with E-state index in [-0.39, 0.29) is 5.82 Å². The molecule has 27 heavy (non-hydrogen) atoms. The minimum Gasteiger partial charge on any atom is -0.299 e. The summed E-state index contributed by atoms with van der Waals surface area (Å²) in [5.41, 5.74) is 2.63. The van der Waals surface area contributed by atoms with Gasteiger partial charge in [-0.05, 0) is 49.2 Å². The van der Waals surface area contributed by atoms with Crippen LogP contribution < -0.4 is 0 Å². The second kappa shape index (κ2) is 8.96. The molecule has 2 saturated heterocycles. The summed E-state index contributed by atoms with van der Waals surface area (Å²) in [6.07, 6.45) is 2.57. The van der Waals surface area contributed by atoms with E-state index in [1.807, 2.05) is 12.1 Å². The molecule has 0 N–H and O–H groups in total. The van der Waals surface area contributed by atoms with Crippen LogP contribution in [-0.4, -0.2) is 60.0 Å². The third-order valence-electron chi connectivity index (χ3n) is 6.05. The van der Waals surface area contributed by atoms with Gasteiger partial charge in [-0.25, -0.2) is 4.39 Å². The molecule has 0 aromatic heterocycles. The van der Waals surface area contributed by atoms with Crippen molar-refractivity contribution in [3.63, 3.8) is 0 Å². The van der Waals surface area contributed by atoms with Crippen molar-refractivity contribution in [3.8, 4) is 0 Å². The molecule has 2 fully saturated rings. The van der Waals surface area contributed by atoms with E-state index in [4.69, 9.17) is 0 Å². The van der Waals surface area contributed by atoms with Gasteiger partial charge in [0, 0.05) is 45.3 Å². The fourth-order valence-electron chi connectivity index (χ4n) is 4.42. The summed E-state index contributed by atoms with van der Waals surface area (Å²) < 4.78 is 13.0. The number of likely N-dealkylation sites (tertiary alicyclic amines) is 1. The lowest BCUT2D eigenvalue weighted by Crippen LogP contribution is -2.52. The van der Waals surface area contributed by atoms with Crippen LogP contribution in [0.3, 0.4) is 0 Å². The Labute approximate surface area is 162 Å². The molecule has 0 spiro atoms. The van der Waals surface area contributed by atoms with Crippen LogP contribution in [-0.2, 0) is 13.1 Å². The van der Waals surface area contributed by atoms with Crippen molar-refractivity contribution < 1.29 is 4.39 Å². The van der Waals surface area contributed by atoms with Crippen molar-refractivity contribution >= 4 is 0 Å². The molecule has 0 amide bonds. The van der Waals surface area contributed by atoms with Gasteiger partial charge in [0.2, 0.25) is 0 Å². The van der Waals surface area contributed by atoms with Crippen LogP contribution in [0.25, 0.3) is 0 Å². The Morgan fingerprint density at radius 2 is 1.22 bits per heavy atom. The summed E-state index contributed by atoms with van der Waals surface area (Å²) >= 11 is 0. The number of piperazine rings is 1. The van der Waals surface area contributed by atoms with Crippen LogP contribution in [0.15, 0.2) is 54.6 Å². The van der Waals surface area contributed by atoms with Crippen molar-refractivity contribution in [1.82, 2.24) is 14.7 Å². The molecule has 4 rings (SSSR count). The molecule has 2 aromatic carbocycles. The quantitative estimate of drug-likeness (QED) is 0.799. The average molecular weight is 368 g/mol. The van der Waals surface area contributed by atoms with Gasteiger partial charge in [-0.3, -0.25) is 14.7 Å². The van der Waals surface area contributed by atoms with Crippen LogP contribution in [0.4, 0.5) is 4.39 Å². The first-order valence-electron chi connectivity index (χ1n) is 10.2. The zero-order valence-electron chi connectivity index (χ0n) is 16.1.